The Morgan fingerprint density at radius 2 is 2.11 bits per heavy atom. The van der Waals surface area contributed by atoms with E-state index in [1.165, 1.54) is 32.1 Å². The molecular weight excluding hydrogens is 262 g/mol. The molecule has 2 N–H and O–H groups in total. The Labute approximate surface area is 119 Å². The molecule has 0 aliphatic heterocycles. The van der Waals surface area contributed by atoms with Gasteiger partial charge < -0.3 is 15.2 Å². The average molecular weight is 284 g/mol. The van der Waals surface area contributed by atoms with Crippen LogP contribution in [0.1, 0.15) is 43.7 Å². The fourth-order valence-electron chi connectivity index (χ4n) is 2.71. The normalized spacial score (nSPS) is 18.3. The molecule has 2 rings (SSSR count). The summed E-state index contributed by atoms with van der Waals surface area (Å²) in [6.07, 6.45) is 6.27. The molecule has 1 saturated carbocycles. The second kappa shape index (κ2) is 7.13. The highest BCUT2D eigenvalue weighted by Gasteiger charge is 2.19. The van der Waals surface area contributed by atoms with Crippen LogP contribution < -0.4 is 10.1 Å². The van der Waals surface area contributed by atoms with Gasteiger partial charge >= 0.3 is 0 Å². The molecule has 106 valence electrons. The zero-order chi connectivity index (χ0) is 13.7. The van der Waals surface area contributed by atoms with Crippen molar-refractivity contribution in [3.05, 3.63) is 28.8 Å². The van der Waals surface area contributed by atoms with Gasteiger partial charge in [0.25, 0.3) is 0 Å². The number of hydrogen-bond acceptors (Lipinski definition) is 3. The van der Waals surface area contributed by atoms with Crippen LogP contribution in [0.2, 0.25) is 5.02 Å². The van der Waals surface area contributed by atoms with Crippen molar-refractivity contribution in [1.82, 2.24) is 5.32 Å². The van der Waals surface area contributed by atoms with Crippen molar-refractivity contribution in [1.29, 1.82) is 0 Å². The lowest BCUT2D eigenvalue weighted by Gasteiger charge is -2.28. The van der Waals surface area contributed by atoms with Gasteiger partial charge in [0.2, 0.25) is 0 Å². The first-order chi connectivity index (χ1) is 9.24. The van der Waals surface area contributed by atoms with Crippen molar-refractivity contribution >= 4 is 11.6 Å². The predicted molar refractivity (Wildman–Crippen MR) is 77.8 cm³/mol. The first-order valence-electron chi connectivity index (χ1n) is 6.95. The van der Waals surface area contributed by atoms with Crippen molar-refractivity contribution in [2.45, 2.75) is 44.2 Å². The standard InChI is InChI=1S/C15H22ClNO2/c1-19-15-8-7-11(9-13(15)16)14(10-18)17-12-5-3-2-4-6-12/h7-9,12,14,17-18H,2-6,10H2,1H3. The van der Waals surface area contributed by atoms with Gasteiger partial charge in [-0.15, -0.1) is 0 Å². The van der Waals surface area contributed by atoms with Crippen LogP contribution in [0.15, 0.2) is 18.2 Å². The number of ether oxygens (including phenoxy) is 1. The third-order valence-electron chi connectivity index (χ3n) is 3.80. The van der Waals surface area contributed by atoms with Gasteiger partial charge in [-0.2, -0.15) is 0 Å². The highest BCUT2D eigenvalue weighted by atomic mass is 35.5. The Morgan fingerprint density at radius 3 is 2.68 bits per heavy atom. The predicted octanol–water partition coefficient (Wildman–Crippen LogP) is 3.30. The SMILES string of the molecule is COc1ccc(C(CO)NC2CCCCC2)cc1Cl. The summed E-state index contributed by atoms with van der Waals surface area (Å²) >= 11 is 6.14. The zero-order valence-corrected chi connectivity index (χ0v) is 12.1. The van der Waals surface area contributed by atoms with E-state index in [9.17, 15) is 5.11 Å². The number of methoxy groups -OCH3 is 1. The van der Waals surface area contributed by atoms with Gasteiger partial charge in [0.1, 0.15) is 5.75 Å². The van der Waals surface area contributed by atoms with Crippen LogP contribution >= 0.6 is 11.6 Å². The summed E-state index contributed by atoms with van der Waals surface area (Å²) in [5.41, 5.74) is 1.01. The monoisotopic (exact) mass is 283 g/mol. The Morgan fingerprint density at radius 1 is 1.37 bits per heavy atom. The number of aliphatic hydroxyl groups is 1. The molecule has 1 aliphatic carbocycles. The molecule has 0 bridgehead atoms. The molecule has 1 fully saturated rings. The molecule has 0 saturated heterocycles. The minimum Gasteiger partial charge on any atom is -0.495 e. The molecule has 0 heterocycles. The maximum atomic E-state index is 9.59. The number of rotatable bonds is 5. The first kappa shape index (κ1) is 14.6. The number of aliphatic hydroxyl groups excluding tert-OH is 1. The van der Waals surface area contributed by atoms with E-state index < -0.39 is 0 Å². The van der Waals surface area contributed by atoms with Crippen LogP contribution in [0.3, 0.4) is 0 Å². The lowest BCUT2D eigenvalue weighted by molar-refractivity contribution is 0.220. The Bertz CT molecular complexity index is 405. The third-order valence-corrected chi connectivity index (χ3v) is 4.10. The summed E-state index contributed by atoms with van der Waals surface area (Å²) in [5, 5.41) is 13.7. The van der Waals surface area contributed by atoms with E-state index in [1.54, 1.807) is 7.11 Å². The van der Waals surface area contributed by atoms with E-state index in [2.05, 4.69) is 5.32 Å². The number of nitrogens with one attached hydrogen (secondary N) is 1. The van der Waals surface area contributed by atoms with E-state index >= 15 is 0 Å². The van der Waals surface area contributed by atoms with Crippen LogP contribution in [-0.2, 0) is 0 Å². The minimum absolute atomic E-state index is 0.0495. The number of halogens is 1. The van der Waals surface area contributed by atoms with Crippen LogP contribution in [0.25, 0.3) is 0 Å². The second-order valence-corrected chi connectivity index (χ2v) is 5.54. The molecule has 1 aliphatic rings. The van der Waals surface area contributed by atoms with Gasteiger partial charge in [0, 0.05) is 6.04 Å². The molecule has 1 unspecified atom stereocenters. The van der Waals surface area contributed by atoms with Crippen molar-refractivity contribution < 1.29 is 9.84 Å². The summed E-state index contributed by atoms with van der Waals surface area (Å²) in [5.74, 6) is 0.666. The molecule has 0 aromatic heterocycles. The van der Waals surface area contributed by atoms with E-state index in [0.29, 0.717) is 16.8 Å². The van der Waals surface area contributed by atoms with Crippen molar-refractivity contribution in [2.75, 3.05) is 13.7 Å². The molecule has 4 heteroatoms. The molecule has 1 aromatic rings. The van der Waals surface area contributed by atoms with Gasteiger partial charge in [0.15, 0.2) is 0 Å². The summed E-state index contributed by atoms with van der Waals surface area (Å²) in [6.45, 7) is 0.0825. The summed E-state index contributed by atoms with van der Waals surface area (Å²) in [4.78, 5) is 0. The quantitative estimate of drug-likeness (QED) is 0.871. The number of hydrogen-bond donors (Lipinski definition) is 2. The summed E-state index contributed by atoms with van der Waals surface area (Å²) < 4.78 is 5.15. The van der Waals surface area contributed by atoms with E-state index in [4.69, 9.17) is 16.3 Å². The molecule has 0 spiro atoms. The molecule has 3 nitrogen and oxygen atoms in total. The van der Waals surface area contributed by atoms with Gasteiger partial charge in [0.05, 0.1) is 24.8 Å². The van der Waals surface area contributed by atoms with Crippen LogP contribution in [-0.4, -0.2) is 24.9 Å². The highest BCUT2D eigenvalue weighted by Crippen LogP contribution is 2.28. The third kappa shape index (κ3) is 3.85. The Hall–Kier alpha value is -0.770. The van der Waals surface area contributed by atoms with Crippen molar-refractivity contribution in [2.24, 2.45) is 0 Å². The van der Waals surface area contributed by atoms with Crippen LogP contribution in [0.5, 0.6) is 5.75 Å². The summed E-state index contributed by atoms with van der Waals surface area (Å²) in [6, 6.07) is 6.14. The molecule has 1 aromatic carbocycles. The van der Waals surface area contributed by atoms with Crippen molar-refractivity contribution in [3.8, 4) is 5.75 Å². The largest absolute Gasteiger partial charge is 0.495 e. The molecule has 19 heavy (non-hydrogen) atoms. The van der Waals surface area contributed by atoms with Gasteiger partial charge in [-0.1, -0.05) is 36.9 Å². The van der Waals surface area contributed by atoms with Gasteiger partial charge in [-0.3, -0.25) is 0 Å². The molecule has 1 atom stereocenters. The molecule has 0 amide bonds. The Kier molecular flexibility index (Phi) is 5.49. The highest BCUT2D eigenvalue weighted by molar-refractivity contribution is 6.32. The molecular formula is C15H22ClNO2. The maximum Gasteiger partial charge on any atom is 0.137 e. The second-order valence-electron chi connectivity index (χ2n) is 5.13. The van der Waals surface area contributed by atoms with Gasteiger partial charge in [-0.25, -0.2) is 0 Å². The lowest BCUT2D eigenvalue weighted by atomic mass is 9.94. The Balaban J connectivity index is 2.05. The fraction of sp³-hybridized carbons (Fsp3) is 0.600. The van der Waals surface area contributed by atoms with Crippen LogP contribution in [0, 0.1) is 0 Å². The van der Waals surface area contributed by atoms with Gasteiger partial charge in [-0.05, 0) is 30.5 Å². The van der Waals surface area contributed by atoms with Crippen LogP contribution in [0.4, 0.5) is 0 Å². The molecule has 0 radical (unpaired) electrons. The number of benzene rings is 1. The summed E-state index contributed by atoms with van der Waals surface area (Å²) in [7, 11) is 1.60. The lowest BCUT2D eigenvalue weighted by Crippen LogP contribution is -2.36. The van der Waals surface area contributed by atoms with E-state index in [1.807, 2.05) is 18.2 Å². The smallest absolute Gasteiger partial charge is 0.137 e. The van der Waals surface area contributed by atoms with E-state index in [0.717, 1.165) is 5.56 Å². The fourth-order valence-corrected chi connectivity index (χ4v) is 2.97. The minimum atomic E-state index is -0.0495. The average Bonchev–Trinajstić information content (AvgIpc) is 2.46. The maximum absolute atomic E-state index is 9.59. The first-order valence-corrected chi connectivity index (χ1v) is 7.32. The zero-order valence-electron chi connectivity index (χ0n) is 11.4. The van der Waals surface area contributed by atoms with Crippen molar-refractivity contribution in [3.63, 3.8) is 0 Å². The van der Waals surface area contributed by atoms with E-state index in [-0.39, 0.29) is 12.6 Å². The topological polar surface area (TPSA) is 41.5 Å².